The first-order valence-electron chi connectivity index (χ1n) is 15.4. The monoisotopic (exact) mass is 586 g/mol. The van der Waals surface area contributed by atoms with Crippen molar-refractivity contribution < 1.29 is 18.0 Å². The molecule has 1 amide bonds. The van der Waals surface area contributed by atoms with E-state index in [1.807, 2.05) is 60.7 Å². The molecule has 0 radical (unpaired) electrons. The van der Waals surface area contributed by atoms with Crippen molar-refractivity contribution in [3.63, 3.8) is 0 Å². The number of hydrogen-bond acceptors (Lipinski definition) is 4. The summed E-state index contributed by atoms with van der Waals surface area (Å²) in [5.41, 5.74) is 3.09. The maximum Gasteiger partial charge on any atom is 0.291 e. The van der Waals surface area contributed by atoms with Gasteiger partial charge in [0.15, 0.2) is 0 Å². The molecule has 1 aliphatic heterocycles. The summed E-state index contributed by atoms with van der Waals surface area (Å²) in [5.74, 6) is -0.963. The second-order valence-electron chi connectivity index (χ2n) is 12.1. The van der Waals surface area contributed by atoms with E-state index in [0.717, 1.165) is 61.6 Å². The summed E-state index contributed by atoms with van der Waals surface area (Å²) in [7, 11) is -3.85. The van der Waals surface area contributed by atoms with Crippen molar-refractivity contribution in [1.82, 2.24) is 4.31 Å². The first kappa shape index (κ1) is 30.2. The number of carbonyl (C=O) groups excluding carboxylic acids is 2. The Bertz CT molecular complexity index is 1460. The Labute approximate surface area is 250 Å². The van der Waals surface area contributed by atoms with Crippen LogP contribution in [-0.2, 0) is 39.0 Å². The minimum Gasteiger partial charge on any atom is -0.319 e. The van der Waals surface area contributed by atoms with Crippen LogP contribution >= 0.6 is 0 Å². The smallest absolute Gasteiger partial charge is 0.291 e. The SMILES string of the molecule is O=C1CC2(CCCCCCCC2)CCc2cc(S(=O)(=O)N(CCc3ccccc3)Cc3ccccc3)ccc2NC1=O. The molecule has 0 atom stereocenters. The lowest BCUT2D eigenvalue weighted by atomic mass is 9.71. The first-order valence-corrected chi connectivity index (χ1v) is 16.8. The van der Waals surface area contributed by atoms with E-state index in [1.54, 1.807) is 22.5 Å². The summed E-state index contributed by atoms with van der Waals surface area (Å²) in [4.78, 5) is 26.2. The number of nitrogens with one attached hydrogen (secondary N) is 1. The van der Waals surface area contributed by atoms with Crippen molar-refractivity contribution in [2.24, 2.45) is 5.41 Å². The van der Waals surface area contributed by atoms with Crippen LogP contribution in [-0.4, -0.2) is 31.0 Å². The zero-order valence-electron chi connectivity index (χ0n) is 24.4. The zero-order valence-corrected chi connectivity index (χ0v) is 25.2. The third kappa shape index (κ3) is 7.56. The fourth-order valence-electron chi connectivity index (χ4n) is 6.54. The number of benzene rings is 3. The van der Waals surface area contributed by atoms with Crippen LogP contribution in [0.2, 0.25) is 0 Å². The summed E-state index contributed by atoms with van der Waals surface area (Å²) in [5, 5.41) is 2.81. The normalized spacial score (nSPS) is 18.1. The highest BCUT2D eigenvalue weighted by Gasteiger charge is 2.36. The van der Waals surface area contributed by atoms with Gasteiger partial charge >= 0.3 is 0 Å². The van der Waals surface area contributed by atoms with Gasteiger partial charge in [0.25, 0.3) is 5.91 Å². The van der Waals surface area contributed by atoms with E-state index < -0.39 is 15.9 Å². The van der Waals surface area contributed by atoms with E-state index in [2.05, 4.69) is 5.32 Å². The molecule has 0 saturated heterocycles. The molecule has 3 aromatic carbocycles. The van der Waals surface area contributed by atoms with E-state index in [9.17, 15) is 18.0 Å². The predicted octanol–water partition coefficient (Wildman–Crippen LogP) is 7.08. The van der Waals surface area contributed by atoms with Crippen molar-refractivity contribution in [2.75, 3.05) is 11.9 Å². The molecule has 1 fully saturated rings. The van der Waals surface area contributed by atoms with Crippen molar-refractivity contribution >= 4 is 27.4 Å². The number of ketones is 1. The fraction of sp³-hybridized carbons (Fsp3) is 0.429. The first-order chi connectivity index (χ1) is 20.3. The van der Waals surface area contributed by atoms with E-state index in [-0.39, 0.29) is 29.1 Å². The number of rotatable bonds is 7. The van der Waals surface area contributed by atoms with Crippen LogP contribution in [0.4, 0.5) is 5.69 Å². The number of aryl methyl sites for hydroxylation is 1. The molecule has 6 nitrogen and oxygen atoms in total. The lowest BCUT2D eigenvalue weighted by Gasteiger charge is -2.33. The van der Waals surface area contributed by atoms with Gasteiger partial charge in [-0.1, -0.05) is 99.2 Å². The molecule has 0 bridgehead atoms. The van der Waals surface area contributed by atoms with Crippen LogP contribution < -0.4 is 5.32 Å². The van der Waals surface area contributed by atoms with Crippen LogP contribution in [0.25, 0.3) is 0 Å². The number of anilines is 1. The van der Waals surface area contributed by atoms with Gasteiger partial charge in [0.2, 0.25) is 15.8 Å². The predicted molar refractivity (Wildman–Crippen MR) is 167 cm³/mol. The van der Waals surface area contributed by atoms with Crippen LogP contribution in [0.3, 0.4) is 0 Å². The van der Waals surface area contributed by atoms with Crippen LogP contribution in [0.1, 0.15) is 80.9 Å². The zero-order chi connectivity index (χ0) is 29.4. The molecule has 1 heterocycles. The Balaban J connectivity index is 1.45. The van der Waals surface area contributed by atoms with Crippen molar-refractivity contribution in [3.8, 4) is 0 Å². The average Bonchev–Trinajstić information content (AvgIpc) is 3.14. The fourth-order valence-corrected chi connectivity index (χ4v) is 8.02. The number of amides is 1. The van der Waals surface area contributed by atoms with Crippen LogP contribution in [0.5, 0.6) is 0 Å². The highest BCUT2D eigenvalue weighted by Crippen LogP contribution is 2.42. The molecule has 42 heavy (non-hydrogen) atoms. The minimum atomic E-state index is -3.85. The molecule has 1 aliphatic carbocycles. The molecule has 1 saturated carbocycles. The molecule has 3 aromatic rings. The minimum absolute atomic E-state index is 0.216. The Kier molecular flexibility index (Phi) is 9.91. The van der Waals surface area contributed by atoms with Gasteiger partial charge in [-0.3, -0.25) is 9.59 Å². The third-order valence-electron chi connectivity index (χ3n) is 9.03. The number of Topliss-reactive ketones (excluding diaryl/α,β-unsaturated/α-hetero) is 1. The number of fused-ring (bicyclic) bond motifs is 1. The average molecular weight is 587 g/mol. The van der Waals surface area contributed by atoms with Gasteiger partial charge in [0.05, 0.1) is 4.90 Å². The Hall–Kier alpha value is -3.29. The molecule has 0 unspecified atom stereocenters. The van der Waals surface area contributed by atoms with Gasteiger partial charge in [-0.05, 0) is 72.4 Å². The van der Waals surface area contributed by atoms with Crippen molar-refractivity contribution in [3.05, 3.63) is 95.6 Å². The van der Waals surface area contributed by atoms with Gasteiger partial charge < -0.3 is 5.32 Å². The lowest BCUT2D eigenvalue weighted by Crippen LogP contribution is -2.32. The van der Waals surface area contributed by atoms with Gasteiger partial charge in [0.1, 0.15) is 0 Å². The summed E-state index contributed by atoms with van der Waals surface area (Å²) < 4.78 is 29.9. The summed E-state index contributed by atoms with van der Waals surface area (Å²) >= 11 is 0. The van der Waals surface area contributed by atoms with Crippen molar-refractivity contribution in [1.29, 1.82) is 0 Å². The topological polar surface area (TPSA) is 83.6 Å². The molecule has 2 aliphatic rings. The molecular weight excluding hydrogens is 544 g/mol. The van der Waals surface area contributed by atoms with Gasteiger partial charge in [-0.15, -0.1) is 0 Å². The summed E-state index contributed by atoms with van der Waals surface area (Å²) in [6.45, 7) is 0.605. The van der Waals surface area contributed by atoms with E-state index in [4.69, 9.17) is 0 Å². The Morgan fingerprint density at radius 3 is 2.02 bits per heavy atom. The van der Waals surface area contributed by atoms with Crippen molar-refractivity contribution in [2.45, 2.75) is 88.5 Å². The van der Waals surface area contributed by atoms with E-state index in [1.165, 1.54) is 12.8 Å². The molecule has 5 rings (SSSR count). The third-order valence-corrected chi connectivity index (χ3v) is 10.9. The standard InChI is InChI=1S/C35H42N2O4S/c38-33-26-35(21-11-3-1-2-4-12-22-35)23-19-30-25-31(17-18-32(30)36-34(33)39)42(40,41)37(27-29-15-9-6-10-16-29)24-20-28-13-7-5-8-14-28/h5-10,13-18,25H,1-4,11-12,19-24,26-27H2,(H,36,39). The van der Waals surface area contributed by atoms with Crippen LogP contribution in [0.15, 0.2) is 83.8 Å². The molecule has 222 valence electrons. The van der Waals surface area contributed by atoms with Gasteiger partial charge in [-0.25, -0.2) is 8.42 Å². The Morgan fingerprint density at radius 2 is 1.36 bits per heavy atom. The number of hydrogen-bond donors (Lipinski definition) is 1. The largest absolute Gasteiger partial charge is 0.319 e. The van der Waals surface area contributed by atoms with E-state index in [0.29, 0.717) is 25.1 Å². The second kappa shape index (κ2) is 13.8. The number of sulfonamides is 1. The van der Waals surface area contributed by atoms with Crippen LogP contribution in [0, 0.1) is 5.41 Å². The molecule has 7 heteroatoms. The lowest BCUT2D eigenvalue weighted by molar-refractivity contribution is -0.136. The Morgan fingerprint density at radius 1 is 0.738 bits per heavy atom. The number of nitrogens with zero attached hydrogens (tertiary/aromatic N) is 1. The maximum absolute atomic E-state index is 14.2. The van der Waals surface area contributed by atoms with E-state index >= 15 is 0 Å². The molecular formula is C35H42N2O4S. The van der Waals surface area contributed by atoms with Gasteiger partial charge in [-0.2, -0.15) is 4.31 Å². The molecule has 1 spiro atoms. The summed E-state index contributed by atoms with van der Waals surface area (Å²) in [6.07, 6.45) is 11.0. The maximum atomic E-state index is 14.2. The second-order valence-corrected chi connectivity index (χ2v) is 14.0. The number of carbonyl (C=O) groups is 2. The summed E-state index contributed by atoms with van der Waals surface area (Å²) in [6, 6.07) is 24.5. The quantitative estimate of drug-likeness (QED) is 0.300. The molecule has 0 aromatic heterocycles. The highest BCUT2D eigenvalue weighted by atomic mass is 32.2. The molecule has 1 N–H and O–H groups in total. The highest BCUT2D eigenvalue weighted by molar-refractivity contribution is 7.89. The van der Waals surface area contributed by atoms with Gasteiger partial charge in [0, 0.05) is 25.2 Å².